The molecule has 8 nitrogen and oxygen atoms in total. The number of hydrogen-bond donors (Lipinski definition) is 4. The molecule has 0 bridgehead atoms. The summed E-state index contributed by atoms with van der Waals surface area (Å²) in [6.07, 6.45) is 3.81. The molecule has 1 atom stereocenters. The minimum absolute atomic E-state index is 0.0385. The molecular weight excluding hydrogens is 474 g/mol. The largest absolute Gasteiger partial charge is 0.480 e. The summed E-state index contributed by atoms with van der Waals surface area (Å²) in [4.78, 5) is 29.6. The fourth-order valence-electron chi connectivity index (χ4n) is 3.66. The number of nitrogens with zero attached hydrogens (tertiary/aromatic N) is 2. The third kappa shape index (κ3) is 6.54. The van der Waals surface area contributed by atoms with Crippen LogP contribution in [0.2, 0.25) is 0 Å². The van der Waals surface area contributed by atoms with Crippen LogP contribution >= 0.6 is 15.9 Å². The Kier molecular flexibility index (Phi) is 8.24. The molecule has 0 saturated carbocycles. The molecule has 2 aromatic carbocycles. The number of carbonyl (C=O) groups is 2. The monoisotopic (exact) mass is 501 g/mol. The van der Waals surface area contributed by atoms with E-state index in [4.69, 9.17) is 16.6 Å². The Labute approximate surface area is 195 Å². The Bertz CT molecular complexity index is 988. The van der Waals surface area contributed by atoms with Gasteiger partial charge in [-0.2, -0.15) is 4.99 Å². The van der Waals surface area contributed by atoms with Crippen molar-refractivity contribution in [3.8, 4) is 0 Å². The van der Waals surface area contributed by atoms with Crippen molar-refractivity contribution in [3.63, 3.8) is 0 Å². The third-order valence-corrected chi connectivity index (χ3v) is 5.89. The summed E-state index contributed by atoms with van der Waals surface area (Å²) in [6.45, 7) is 2.51. The van der Waals surface area contributed by atoms with Gasteiger partial charge >= 0.3 is 5.97 Å². The van der Waals surface area contributed by atoms with Gasteiger partial charge in [0.25, 0.3) is 5.91 Å². The number of nitrogens with two attached hydrogens (primary N) is 2. The van der Waals surface area contributed by atoms with E-state index in [1.54, 1.807) is 24.3 Å². The van der Waals surface area contributed by atoms with Gasteiger partial charge in [0.1, 0.15) is 6.04 Å². The molecule has 1 heterocycles. The van der Waals surface area contributed by atoms with Gasteiger partial charge in [0.2, 0.25) is 0 Å². The van der Waals surface area contributed by atoms with E-state index in [1.165, 1.54) is 19.3 Å². The number of carbonyl (C=O) groups excluding carboxylic acids is 1. The van der Waals surface area contributed by atoms with E-state index in [-0.39, 0.29) is 12.4 Å². The van der Waals surface area contributed by atoms with E-state index in [1.807, 2.05) is 12.1 Å². The van der Waals surface area contributed by atoms with Crippen LogP contribution < -0.4 is 21.7 Å². The van der Waals surface area contributed by atoms with Gasteiger partial charge in [-0.05, 0) is 67.1 Å². The highest BCUT2D eigenvalue weighted by Gasteiger charge is 2.15. The van der Waals surface area contributed by atoms with Gasteiger partial charge < -0.3 is 26.8 Å². The Morgan fingerprint density at radius 2 is 1.81 bits per heavy atom. The lowest BCUT2D eigenvalue weighted by Gasteiger charge is -2.31. The first-order chi connectivity index (χ1) is 15.3. The Hall–Kier alpha value is -2.91. The van der Waals surface area contributed by atoms with E-state index in [2.05, 4.69) is 37.2 Å². The standard InChI is InChI=1S/C23H28BrN5O3/c24-18-8-9-20(29-10-2-1-3-11-29)17(13-18)14-27-23(26)28-21(30)16-6-4-15(5-7-16)12-19(25)22(31)32/h4-9,13,19H,1-3,10-12,14,25H2,(H,31,32)(H3,26,27,28,30)/t19-/m0/s1. The number of nitrogens with one attached hydrogen (secondary N) is 1. The molecule has 0 spiro atoms. The van der Waals surface area contributed by atoms with Crippen LogP contribution in [-0.4, -0.2) is 42.1 Å². The Morgan fingerprint density at radius 3 is 2.47 bits per heavy atom. The maximum atomic E-state index is 12.4. The molecule has 9 heteroatoms. The molecule has 0 aliphatic carbocycles. The fourth-order valence-corrected chi connectivity index (χ4v) is 4.07. The van der Waals surface area contributed by atoms with Crippen molar-refractivity contribution in [2.24, 2.45) is 16.5 Å². The number of aliphatic carboxylic acids is 1. The van der Waals surface area contributed by atoms with E-state index >= 15 is 0 Å². The molecule has 1 aliphatic heterocycles. The van der Waals surface area contributed by atoms with Crippen LogP contribution in [-0.2, 0) is 17.8 Å². The molecule has 1 saturated heterocycles. The summed E-state index contributed by atoms with van der Waals surface area (Å²) in [5.74, 6) is -1.51. The van der Waals surface area contributed by atoms with Crippen molar-refractivity contribution >= 4 is 39.5 Å². The normalized spacial score (nSPS) is 15.3. The number of anilines is 1. The number of rotatable bonds is 7. The number of guanidine groups is 1. The molecule has 0 aromatic heterocycles. The zero-order chi connectivity index (χ0) is 23.1. The number of hydrogen-bond acceptors (Lipinski definition) is 4. The summed E-state index contributed by atoms with van der Waals surface area (Å²) in [6, 6.07) is 11.7. The topological polar surface area (TPSA) is 134 Å². The molecule has 32 heavy (non-hydrogen) atoms. The smallest absolute Gasteiger partial charge is 0.320 e. The van der Waals surface area contributed by atoms with E-state index < -0.39 is 17.9 Å². The molecule has 170 valence electrons. The van der Waals surface area contributed by atoms with Gasteiger partial charge in [0.05, 0.1) is 0 Å². The van der Waals surface area contributed by atoms with Crippen molar-refractivity contribution in [2.45, 2.75) is 38.3 Å². The lowest BCUT2D eigenvalue weighted by Crippen LogP contribution is -2.34. The first-order valence-corrected chi connectivity index (χ1v) is 11.4. The molecule has 1 amide bonds. The molecule has 2 aromatic rings. The molecule has 1 fully saturated rings. The molecule has 1 aliphatic rings. The summed E-state index contributed by atoms with van der Waals surface area (Å²) in [7, 11) is 0. The molecule has 3 rings (SSSR count). The third-order valence-electron chi connectivity index (χ3n) is 5.39. The molecule has 0 radical (unpaired) electrons. The maximum absolute atomic E-state index is 12.4. The number of carboxylic acids is 1. The SMILES string of the molecule is N/C(=N\C(=O)c1ccc(C[C@H](N)C(=O)O)cc1)NCc1cc(Br)ccc1N1CCCCC1. The highest BCUT2D eigenvalue weighted by Crippen LogP contribution is 2.27. The van der Waals surface area contributed by atoms with Crippen LogP contribution in [0.3, 0.4) is 0 Å². The Balaban J connectivity index is 1.63. The van der Waals surface area contributed by atoms with Gasteiger partial charge in [-0.25, -0.2) is 0 Å². The first kappa shape index (κ1) is 23.7. The average molecular weight is 502 g/mol. The average Bonchev–Trinajstić information content (AvgIpc) is 2.78. The second-order valence-corrected chi connectivity index (χ2v) is 8.74. The zero-order valence-electron chi connectivity index (χ0n) is 17.8. The first-order valence-electron chi connectivity index (χ1n) is 10.6. The maximum Gasteiger partial charge on any atom is 0.320 e. The highest BCUT2D eigenvalue weighted by atomic mass is 79.9. The summed E-state index contributed by atoms with van der Waals surface area (Å²) in [5, 5.41) is 11.9. The predicted octanol–water partition coefficient (Wildman–Crippen LogP) is 2.64. The lowest BCUT2D eigenvalue weighted by molar-refractivity contribution is -0.138. The van der Waals surface area contributed by atoms with Crippen molar-refractivity contribution in [1.82, 2.24) is 5.32 Å². The minimum atomic E-state index is -1.07. The van der Waals surface area contributed by atoms with Crippen LogP contribution in [0.4, 0.5) is 5.69 Å². The van der Waals surface area contributed by atoms with E-state index in [0.29, 0.717) is 12.1 Å². The van der Waals surface area contributed by atoms with Crippen molar-refractivity contribution < 1.29 is 14.7 Å². The van der Waals surface area contributed by atoms with Gasteiger partial charge in [0, 0.05) is 35.4 Å². The van der Waals surface area contributed by atoms with Crippen LogP contribution in [0, 0.1) is 0 Å². The van der Waals surface area contributed by atoms with Crippen LogP contribution in [0.25, 0.3) is 0 Å². The number of carboxylic acid groups (broad SMARTS) is 1. The summed E-state index contributed by atoms with van der Waals surface area (Å²) < 4.78 is 0.976. The highest BCUT2D eigenvalue weighted by molar-refractivity contribution is 9.10. The summed E-state index contributed by atoms with van der Waals surface area (Å²) >= 11 is 3.52. The molecule has 0 unspecified atom stereocenters. The summed E-state index contributed by atoms with van der Waals surface area (Å²) in [5.41, 5.74) is 14.8. The van der Waals surface area contributed by atoms with Crippen LogP contribution in [0.15, 0.2) is 51.9 Å². The van der Waals surface area contributed by atoms with Crippen LogP contribution in [0.5, 0.6) is 0 Å². The Morgan fingerprint density at radius 1 is 1.12 bits per heavy atom. The number of benzene rings is 2. The van der Waals surface area contributed by atoms with Gasteiger partial charge in [-0.3, -0.25) is 9.59 Å². The van der Waals surface area contributed by atoms with Crippen LogP contribution in [0.1, 0.15) is 40.7 Å². The number of amides is 1. The molecular formula is C23H28BrN5O3. The lowest BCUT2D eigenvalue weighted by atomic mass is 10.0. The van der Waals surface area contributed by atoms with Crippen molar-refractivity contribution in [2.75, 3.05) is 18.0 Å². The fraction of sp³-hybridized carbons (Fsp3) is 0.348. The second-order valence-electron chi connectivity index (χ2n) is 7.82. The second kappa shape index (κ2) is 11.1. The quantitative estimate of drug-likeness (QED) is 0.338. The molecule has 6 N–H and O–H groups in total. The van der Waals surface area contributed by atoms with Crippen molar-refractivity contribution in [1.29, 1.82) is 0 Å². The predicted molar refractivity (Wildman–Crippen MR) is 129 cm³/mol. The van der Waals surface area contributed by atoms with Crippen molar-refractivity contribution in [3.05, 3.63) is 63.6 Å². The van der Waals surface area contributed by atoms with E-state index in [0.717, 1.165) is 34.4 Å². The number of halogens is 1. The van der Waals surface area contributed by atoms with E-state index in [9.17, 15) is 9.59 Å². The number of aliphatic imine (C=N–C) groups is 1. The minimum Gasteiger partial charge on any atom is -0.480 e. The van der Waals surface area contributed by atoms with Gasteiger partial charge in [-0.15, -0.1) is 0 Å². The van der Waals surface area contributed by atoms with Gasteiger partial charge in [-0.1, -0.05) is 28.1 Å². The van der Waals surface area contributed by atoms with Gasteiger partial charge in [0.15, 0.2) is 5.96 Å². The zero-order valence-corrected chi connectivity index (χ0v) is 19.3. The number of piperidine rings is 1.